The Bertz CT molecular complexity index is 1020. The highest BCUT2D eigenvalue weighted by atomic mass is 19.3. The molecule has 0 spiro atoms. The predicted octanol–water partition coefficient (Wildman–Crippen LogP) is 4.85. The second-order valence-corrected chi connectivity index (χ2v) is 10.3. The third-order valence-corrected chi connectivity index (χ3v) is 5.87. The Hall–Kier alpha value is -2.79. The number of halogens is 3. The third-order valence-electron chi connectivity index (χ3n) is 5.87. The molecule has 3 heterocycles. The molecule has 8 nitrogen and oxygen atoms in total. The van der Waals surface area contributed by atoms with Gasteiger partial charge in [-0.2, -0.15) is 13.8 Å². The van der Waals surface area contributed by atoms with Crippen LogP contribution < -0.4 is 25.4 Å². The monoisotopic (exact) mass is 495 g/mol. The summed E-state index contributed by atoms with van der Waals surface area (Å²) in [7, 11) is 0. The van der Waals surface area contributed by atoms with Gasteiger partial charge in [-0.15, -0.1) is 0 Å². The topological polar surface area (TPSA) is 89.6 Å². The van der Waals surface area contributed by atoms with Crippen LogP contribution in [0.25, 0.3) is 0 Å². The van der Waals surface area contributed by atoms with Crippen LogP contribution in [-0.2, 0) is 4.74 Å². The first-order valence-electron chi connectivity index (χ1n) is 11.7. The standard InChI is InChI=1S/C24H32F3N5O3/c1-23(2)10-15(11-24(3,4)32-23)29-20-17(25)12-28-22(31-20)30-14-5-6-18(19(9-14)35-21(26)27)34-16-7-8-33-13-16/h5-6,9,12,15-16,21,32H,7-8,10-11,13H2,1-4H3,(H2,28,29,30,31)/t16-/m0/s1. The van der Waals surface area contributed by atoms with Crippen molar-refractivity contribution in [3.63, 3.8) is 0 Å². The van der Waals surface area contributed by atoms with Gasteiger partial charge in [-0.1, -0.05) is 0 Å². The molecular formula is C24H32F3N5O3. The predicted molar refractivity (Wildman–Crippen MR) is 126 cm³/mol. The van der Waals surface area contributed by atoms with E-state index in [9.17, 15) is 13.2 Å². The summed E-state index contributed by atoms with van der Waals surface area (Å²) in [5.41, 5.74) is 0.136. The summed E-state index contributed by atoms with van der Waals surface area (Å²) in [6, 6.07) is 4.52. The fourth-order valence-electron chi connectivity index (χ4n) is 4.93. The lowest BCUT2D eigenvalue weighted by Gasteiger charge is -2.46. The Kier molecular flexibility index (Phi) is 7.27. The first-order chi connectivity index (χ1) is 16.5. The van der Waals surface area contributed by atoms with E-state index in [4.69, 9.17) is 9.47 Å². The van der Waals surface area contributed by atoms with Gasteiger partial charge in [0, 0.05) is 35.3 Å². The van der Waals surface area contributed by atoms with Gasteiger partial charge in [0.25, 0.3) is 0 Å². The number of piperidine rings is 1. The first kappa shape index (κ1) is 25.3. The van der Waals surface area contributed by atoms with Gasteiger partial charge in [0.2, 0.25) is 5.95 Å². The number of anilines is 3. The molecule has 2 aromatic rings. The van der Waals surface area contributed by atoms with Crippen LogP contribution in [0.4, 0.5) is 30.6 Å². The molecule has 2 fully saturated rings. The molecule has 1 aromatic heterocycles. The molecular weight excluding hydrogens is 463 g/mol. The van der Waals surface area contributed by atoms with Crippen molar-refractivity contribution in [1.82, 2.24) is 15.3 Å². The van der Waals surface area contributed by atoms with Gasteiger partial charge in [-0.25, -0.2) is 9.37 Å². The minimum Gasteiger partial charge on any atom is -0.484 e. The van der Waals surface area contributed by atoms with Crippen molar-refractivity contribution in [2.45, 2.75) is 76.8 Å². The Morgan fingerprint density at radius 3 is 2.54 bits per heavy atom. The second-order valence-electron chi connectivity index (χ2n) is 10.3. The zero-order valence-electron chi connectivity index (χ0n) is 20.3. The van der Waals surface area contributed by atoms with Crippen LogP contribution in [0.2, 0.25) is 0 Å². The normalized spacial score (nSPS) is 21.7. The van der Waals surface area contributed by atoms with E-state index in [-0.39, 0.29) is 46.5 Å². The van der Waals surface area contributed by atoms with E-state index in [2.05, 4.69) is 58.4 Å². The molecule has 2 aliphatic rings. The molecule has 4 rings (SSSR count). The van der Waals surface area contributed by atoms with Gasteiger partial charge < -0.3 is 30.2 Å². The average Bonchev–Trinajstić information content (AvgIpc) is 3.23. The van der Waals surface area contributed by atoms with Crippen molar-refractivity contribution in [2.24, 2.45) is 0 Å². The minimum atomic E-state index is -3.02. The lowest BCUT2D eigenvalue weighted by molar-refractivity contribution is -0.0520. The second kappa shape index (κ2) is 10.1. The minimum absolute atomic E-state index is 0.000503. The van der Waals surface area contributed by atoms with Crippen LogP contribution in [0.5, 0.6) is 11.5 Å². The SMILES string of the molecule is CC1(C)CC(Nc2nc(Nc3ccc(O[C@H]4CCOC4)c(OC(F)F)c3)ncc2F)CC(C)(C)N1. The van der Waals surface area contributed by atoms with E-state index in [0.717, 1.165) is 19.0 Å². The summed E-state index contributed by atoms with van der Waals surface area (Å²) < 4.78 is 56.2. The Morgan fingerprint density at radius 1 is 1.14 bits per heavy atom. The zero-order valence-corrected chi connectivity index (χ0v) is 20.3. The number of rotatable bonds is 8. The number of alkyl halides is 2. The molecule has 1 aromatic carbocycles. The molecule has 0 aliphatic carbocycles. The zero-order chi connectivity index (χ0) is 25.2. The van der Waals surface area contributed by atoms with Crippen LogP contribution in [0.15, 0.2) is 24.4 Å². The van der Waals surface area contributed by atoms with E-state index in [0.29, 0.717) is 25.3 Å². The van der Waals surface area contributed by atoms with Gasteiger partial charge in [-0.3, -0.25) is 0 Å². The van der Waals surface area contributed by atoms with Crippen LogP contribution in [0.3, 0.4) is 0 Å². The van der Waals surface area contributed by atoms with Crippen LogP contribution in [0.1, 0.15) is 47.0 Å². The van der Waals surface area contributed by atoms with Crippen molar-refractivity contribution < 1.29 is 27.4 Å². The van der Waals surface area contributed by atoms with Crippen molar-refractivity contribution in [3.8, 4) is 11.5 Å². The molecule has 3 N–H and O–H groups in total. The highest BCUT2D eigenvalue weighted by molar-refractivity contribution is 5.60. The van der Waals surface area contributed by atoms with Gasteiger partial charge in [-0.05, 0) is 52.7 Å². The molecule has 0 saturated carbocycles. The maximum Gasteiger partial charge on any atom is 0.387 e. The van der Waals surface area contributed by atoms with E-state index >= 15 is 0 Å². The lowest BCUT2D eigenvalue weighted by atomic mass is 9.79. The summed E-state index contributed by atoms with van der Waals surface area (Å²) in [6.07, 6.45) is 3.07. The number of hydrogen-bond acceptors (Lipinski definition) is 8. The molecule has 35 heavy (non-hydrogen) atoms. The summed E-state index contributed by atoms with van der Waals surface area (Å²) in [5.74, 6) is -0.330. The number of benzene rings is 1. The quantitative estimate of drug-likeness (QED) is 0.479. The Balaban J connectivity index is 1.50. The summed E-state index contributed by atoms with van der Waals surface area (Å²) in [5, 5.41) is 9.73. The highest BCUT2D eigenvalue weighted by Crippen LogP contribution is 2.35. The first-order valence-corrected chi connectivity index (χ1v) is 11.7. The Labute approximate surface area is 203 Å². The fourth-order valence-corrected chi connectivity index (χ4v) is 4.93. The van der Waals surface area contributed by atoms with Crippen molar-refractivity contribution in [2.75, 3.05) is 23.8 Å². The number of hydrogen-bond donors (Lipinski definition) is 3. The number of aromatic nitrogens is 2. The van der Waals surface area contributed by atoms with Crippen LogP contribution in [0, 0.1) is 5.82 Å². The summed E-state index contributed by atoms with van der Waals surface area (Å²) >= 11 is 0. The summed E-state index contributed by atoms with van der Waals surface area (Å²) in [6.45, 7) is 6.36. The maximum atomic E-state index is 14.5. The third kappa shape index (κ3) is 6.88. The molecule has 192 valence electrons. The van der Waals surface area contributed by atoms with Gasteiger partial charge in [0.05, 0.1) is 19.4 Å². The number of ether oxygens (including phenoxy) is 3. The molecule has 2 saturated heterocycles. The molecule has 0 unspecified atom stereocenters. The van der Waals surface area contributed by atoms with Gasteiger partial charge in [0.1, 0.15) is 6.10 Å². The molecule has 11 heteroatoms. The highest BCUT2D eigenvalue weighted by Gasteiger charge is 2.38. The van der Waals surface area contributed by atoms with Gasteiger partial charge >= 0.3 is 6.61 Å². The van der Waals surface area contributed by atoms with Gasteiger partial charge in [0.15, 0.2) is 23.1 Å². The molecule has 0 amide bonds. The lowest BCUT2D eigenvalue weighted by Crippen LogP contribution is -2.60. The molecule has 0 bridgehead atoms. The van der Waals surface area contributed by atoms with E-state index in [1.165, 1.54) is 12.1 Å². The van der Waals surface area contributed by atoms with Crippen LogP contribution in [-0.4, -0.2) is 53.0 Å². The van der Waals surface area contributed by atoms with E-state index < -0.39 is 12.4 Å². The largest absolute Gasteiger partial charge is 0.484 e. The van der Waals surface area contributed by atoms with E-state index in [1.807, 2.05) is 0 Å². The van der Waals surface area contributed by atoms with Crippen molar-refractivity contribution in [3.05, 3.63) is 30.2 Å². The Morgan fingerprint density at radius 2 is 1.89 bits per heavy atom. The van der Waals surface area contributed by atoms with Crippen molar-refractivity contribution in [1.29, 1.82) is 0 Å². The summed E-state index contributed by atoms with van der Waals surface area (Å²) in [4.78, 5) is 8.28. The maximum absolute atomic E-state index is 14.5. The molecule has 1 atom stereocenters. The molecule has 2 aliphatic heterocycles. The smallest absolute Gasteiger partial charge is 0.387 e. The van der Waals surface area contributed by atoms with Crippen molar-refractivity contribution >= 4 is 17.5 Å². The fraction of sp³-hybridized carbons (Fsp3) is 0.583. The van der Waals surface area contributed by atoms with Crippen LogP contribution >= 0.6 is 0 Å². The number of nitrogens with zero attached hydrogens (tertiary/aromatic N) is 2. The number of nitrogens with one attached hydrogen (secondary N) is 3. The average molecular weight is 496 g/mol. The molecule has 0 radical (unpaired) electrons. The van der Waals surface area contributed by atoms with E-state index in [1.54, 1.807) is 6.07 Å².